The Kier molecular flexibility index (Phi) is 4.69. The van der Waals surface area contributed by atoms with Crippen molar-refractivity contribution in [2.24, 2.45) is 0 Å². The summed E-state index contributed by atoms with van der Waals surface area (Å²) in [5, 5.41) is 18.1. The highest BCUT2D eigenvalue weighted by molar-refractivity contribution is 7.89. The van der Waals surface area contributed by atoms with Crippen LogP contribution in [0.25, 0.3) is 0 Å². The van der Waals surface area contributed by atoms with Crippen LogP contribution in [0.3, 0.4) is 0 Å². The van der Waals surface area contributed by atoms with Crippen LogP contribution in [-0.2, 0) is 14.8 Å². The van der Waals surface area contributed by atoms with Gasteiger partial charge in [-0.3, -0.25) is 4.79 Å². The van der Waals surface area contributed by atoms with Crippen molar-refractivity contribution in [1.29, 1.82) is 0 Å². The smallest absolute Gasteiger partial charge is 0.339 e. The van der Waals surface area contributed by atoms with Crippen molar-refractivity contribution in [1.82, 2.24) is 9.62 Å². The van der Waals surface area contributed by atoms with E-state index in [1.54, 1.807) is 0 Å². The van der Waals surface area contributed by atoms with Gasteiger partial charge in [-0.1, -0.05) is 0 Å². The summed E-state index contributed by atoms with van der Waals surface area (Å²) in [6, 6.07) is 2.83. The number of carbonyl (C=O) groups is 2. The summed E-state index contributed by atoms with van der Waals surface area (Å²) in [6.45, 7) is -0.446. The molecule has 9 heteroatoms. The van der Waals surface area contributed by atoms with E-state index in [-0.39, 0.29) is 4.90 Å². The Balaban J connectivity index is 3.02. The number of phenols is 1. The Hall–Kier alpha value is -2.13. The van der Waals surface area contributed by atoms with Crippen LogP contribution in [0, 0.1) is 0 Å². The molecule has 8 nitrogen and oxygen atoms in total. The van der Waals surface area contributed by atoms with E-state index in [1.807, 2.05) is 4.72 Å². The lowest BCUT2D eigenvalue weighted by atomic mass is 10.2. The molecule has 110 valence electrons. The maximum Gasteiger partial charge on any atom is 0.339 e. The van der Waals surface area contributed by atoms with Gasteiger partial charge >= 0.3 is 5.97 Å². The van der Waals surface area contributed by atoms with Gasteiger partial charge in [0.05, 0.1) is 11.4 Å². The number of benzene rings is 1. The Labute approximate surface area is 115 Å². The molecule has 1 aromatic rings. The standard InChI is InChI=1S/C11H14N2O6S/c1-13(2)10(15)6-12-20(18,19)7-3-4-9(14)8(5-7)11(16)17/h3-5,12,14H,6H2,1-2H3,(H,16,17). The lowest BCUT2D eigenvalue weighted by Gasteiger charge is -2.11. The van der Waals surface area contributed by atoms with Crippen molar-refractivity contribution < 1.29 is 28.2 Å². The number of hydrogen-bond acceptors (Lipinski definition) is 5. The van der Waals surface area contributed by atoms with Crippen LogP contribution in [0.5, 0.6) is 5.75 Å². The number of carbonyl (C=O) groups excluding carboxylic acids is 1. The Morgan fingerprint density at radius 1 is 1.30 bits per heavy atom. The molecule has 0 bridgehead atoms. The number of sulfonamides is 1. The second-order valence-corrected chi connectivity index (χ2v) is 5.86. The summed E-state index contributed by atoms with van der Waals surface area (Å²) in [5.74, 6) is -2.45. The molecule has 1 amide bonds. The van der Waals surface area contributed by atoms with Gasteiger partial charge in [0.15, 0.2) is 0 Å². The predicted octanol–water partition coefficient (Wildman–Crippen LogP) is -0.543. The third-order valence-corrected chi connectivity index (χ3v) is 3.82. The highest BCUT2D eigenvalue weighted by Gasteiger charge is 2.19. The van der Waals surface area contributed by atoms with E-state index in [9.17, 15) is 23.1 Å². The minimum absolute atomic E-state index is 0.348. The molecule has 1 rings (SSSR count). The number of aromatic carboxylic acids is 1. The van der Waals surface area contributed by atoms with E-state index in [0.717, 1.165) is 18.2 Å². The molecule has 1 aromatic carbocycles. The monoisotopic (exact) mass is 302 g/mol. The number of aromatic hydroxyl groups is 1. The number of nitrogens with zero attached hydrogens (tertiary/aromatic N) is 1. The Morgan fingerprint density at radius 3 is 2.40 bits per heavy atom. The molecule has 20 heavy (non-hydrogen) atoms. The third kappa shape index (κ3) is 3.68. The minimum Gasteiger partial charge on any atom is -0.507 e. The average molecular weight is 302 g/mol. The number of carboxylic acid groups (broad SMARTS) is 1. The normalized spacial score (nSPS) is 11.1. The largest absolute Gasteiger partial charge is 0.507 e. The highest BCUT2D eigenvalue weighted by Crippen LogP contribution is 2.21. The van der Waals surface area contributed by atoms with Gasteiger partial charge in [0.25, 0.3) is 0 Å². The van der Waals surface area contributed by atoms with E-state index in [1.165, 1.54) is 19.0 Å². The van der Waals surface area contributed by atoms with Gasteiger partial charge in [-0.05, 0) is 18.2 Å². The average Bonchev–Trinajstić information content (AvgIpc) is 2.35. The number of nitrogens with one attached hydrogen (secondary N) is 1. The lowest BCUT2D eigenvalue weighted by Crippen LogP contribution is -2.36. The molecule has 0 unspecified atom stereocenters. The van der Waals surface area contributed by atoms with Crippen LogP contribution in [0.4, 0.5) is 0 Å². The number of amides is 1. The summed E-state index contributed by atoms with van der Waals surface area (Å²) >= 11 is 0. The van der Waals surface area contributed by atoms with Gasteiger partial charge in [-0.15, -0.1) is 0 Å². The maximum absolute atomic E-state index is 11.9. The summed E-state index contributed by atoms with van der Waals surface area (Å²) in [7, 11) is -1.09. The summed E-state index contributed by atoms with van der Waals surface area (Å²) < 4.78 is 25.8. The third-order valence-electron chi connectivity index (χ3n) is 2.42. The van der Waals surface area contributed by atoms with Crippen LogP contribution in [0.2, 0.25) is 0 Å². The lowest BCUT2D eigenvalue weighted by molar-refractivity contribution is -0.127. The topological polar surface area (TPSA) is 124 Å². The zero-order valence-electron chi connectivity index (χ0n) is 10.8. The number of likely N-dealkylation sites (N-methyl/N-ethyl adjacent to an activating group) is 1. The quantitative estimate of drug-likeness (QED) is 0.671. The van der Waals surface area contributed by atoms with Gasteiger partial charge < -0.3 is 15.1 Å². The van der Waals surface area contributed by atoms with Crippen molar-refractivity contribution in [2.75, 3.05) is 20.6 Å². The molecule has 0 saturated heterocycles. The van der Waals surface area contributed by atoms with Gasteiger partial charge in [0, 0.05) is 14.1 Å². The summed E-state index contributed by atoms with van der Waals surface area (Å²) in [5.41, 5.74) is -0.535. The van der Waals surface area contributed by atoms with Crippen LogP contribution in [0.1, 0.15) is 10.4 Å². The fraction of sp³-hybridized carbons (Fsp3) is 0.273. The van der Waals surface area contributed by atoms with E-state index in [0.29, 0.717) is 0 Å². The zero-order valence-corrected chi connectivity index (χ0v) is 11.6. The van der Waals surface area contributed by atoms with Gasteiger partial charge in [0.2, 0.25) is 15.9 Å². The van der Waals surface area contributed by atoms with Crippen molar-refractivity contribution in [3.8, 4) is 5.75 Å². The molecule has 0 heterocycles. The second kappa shape index (κ2) is 5.88. The maximum atomic E-state index is 11.9. The first-order valence-electron chi connectivity index (χ1n) is 5.41. The molecule has 0 aliphatic heterocycles. The first-order valence-corrected chi connectivity index (χ1v) is 6.89. The van der Waals surface area contributed by atoms with Crippen molar-refractivity contribution >= 4 is 21.9 Å². The summed E-state index contributed by atoms with van der Waals surface area (Å²) in [6.07, 6.45) is 0. The number of rotatable bonds is 5. The van der Waals surface area contributed by atoms with Gasteiger partial charge in [-0.25, -0.2) is 17.9 Å². The van der Waals surface area contributed by atoms with Gasteiger partial charge in [0.1, 0.15) is 11.3 Å². The molecule has 0 saturated carbocycles. The predicted molar refractivity (Wildman–Crippen MR) is 68.9 cm³/mol. The van der Waals surface area contributed by atoms with E-state index >= 15 is 0 Å². The van der Waals surface area contributed by atoms with Gasteiger partial charge in [-0.2, -0.15) is 0 Å². The van der Waals surface area contributed by atoms with Crippen LogP contribution in [0.15, 0.2) is 23.1 Å². The van der Waals surface area contributed by atoms with Crippen LogP contribution < -0.4 is 4.72 Å². The molecule has 0 aliphatic carbocycles. The van der Waals surface area contributed by atoms with Crippen molar-refractivity contribution in [2.45, 2.75) is 4.90 Å². The van der Waals surface area contributed by atoms with E-state index in [2.05, 4.69) is 0 Å². The molecule has 0 fully saturated rings. The zero-order chi connectivity index (χ0) is 15.5. The fourth-order valence-corrected chi connectivity index (χ4v) is 2.25. The van der Waals surface area contributed by atoms with E-state index in [4.69, 9.17) is 5.11 Å². The molecule has 0 aromatic heterocycles. The first-order chi connectivity index (χ1) is 9.15. The molecule has 0 radical (unpaired) electrons. The SMILES string of the molecule is CN(C)C(=O)CNS(=O)(=O)c1ccc(O)c(C(=O)O)c1. The van der Waals surface area contributed by atoms with Crippen LogP contribution >= 0.6 is 0 Å². The molecular formula is C11H14N2O6S. The Bertz CT molecular complexity index is 638. The molecule has 0 atom stereocenters. The number of hydrogen-bond donors (Lipinski definition) is 3. The Morgan fingerprint density at radius 2 is 1.90 bits per heavy atom. The van der Waals surface area contributed by atoms with Crippen molar-refractivity contribution in [3.05, 3.63) is 23.8 Å². The minimum atomic E-state index is -4.03. The molecular weight excluding hydrogens is 288 g/mol. The van der Waals surface area contributed by atoms with E-state index < -0.39 is 39.8 Å². The van der Waals surface area contributed by atoms with Crippen LogP contribution in [-0.4, -0.2) is 56.0 Å². The van der Waals surface area contributed by atoms with Crippen molar-refractivity contribution in [3.63, 3.8) is 0 Å². The highest BCUT2D eigenvalue weighted by atomic mass is 32.2. The second-order valence-electron chi connectivity index (χ2n) is 4.10. The molecule has 0 aliphatic rings. The fourth-order valence-electron chi connectivity index (χ4n) is 1.25. The summed E-state index contributed by atoms with van der Waals surface area (Å²) in [4.78, 5) is 23.0. The molecule has 3 N–H and O–H groups in total. The number of carboxylic acids is 1. The molecule has 0 spiro atoms. The first kappa shape index (κ1) is 15.9.